The minimum atomic E-state index is -0.974. The smallest absolute Gasteiger partial charge is 0.348 e. The molecule has 2 fully saturated rings. The molecule has 2 aliphatic carbocycles. The topological polar surface area (TPSA) is 87.1 Å². The number of rotatable bonds is 10. The number of carbonyl (C=O) groups is 2. The molecule has 2 aliphatic rings. The van der Waals surface area contributed by atoms with Gasteiger partial charge in [0.15, 0.2) is 0 Å². The Morgan fingerprint density at radius 3 is 2.35 bits per heavy atom. The fourth-order valence-corrected chi connectivity index (χ4v) is 6.90. The fourth-order valence-electron chi connectivity index (χ4n) is 5.73. The third-order valence-corrected chi connectivity index (χ3v) is 9.25. The third kappa shape index (κ3) is 7.35. The van der Waals surface area contributed by atoms with Crippen molar-refractivity contribution in [2.45, 2.75) is 96.2 Å². The van der Waals surface area contributed by atoms with Crippen LogP contribution in [0.3, 0.4) is 0 Å². The summed E-state index contributed by atoms with van der Waals surface area (Å²) in [5.41, 5.74) is 0.546. The number of amides is 1. The van der Waals surface area contributed by atoms with Gasteiger partial charge in [-0.1, -0.05) is 25.1 Å². The molecule has 1 unspecified atom stereocenters. The zero-order chi connectivity index (χ0) is 26.4. The molecule has 7 heteroatoms. The SMILES string of the molecule is CC(O)CCCN(C(=O)C1CCC(C)CC1)c1cc(C2CCC(Oc3ccccc3)CC2)sc1C(=O)O. The van der Waals surface area contributed by atoms with Gasteiger partial charge >= 0.3 is 5.97 Å². The van der Waals surface area contributed by atoms with Crippen LogP contribution in [-0.2, 0) is 4.79 Å². The third-order valence-electron chi connectivity index (χ3n) is 7.97. The van der Waals surface area contributed by atoms with Crippen LogP contribution in [0, 0.1) is 11.8 Å². The molecule has 1 amide bonds. The van der Waals surface area contributed by atoms with Crippen molar-refractivity contribution in [3.8, 4) is 5.75 Å². The van der Waals surface area contributed by atoms with Gasteiger partial charge in [0.1, 0.15) is 10.6 Å². The number of aliphatic hydroxyl groups is 1. The van der Waals surface area contributed by atoms with E-state index < -0.39 is 12.1 Å². The van der Waals surface area contributed by atoms with E-state index in [0.717, 1.165) is 62.0 Å². The number of carboxylic acids is 1. The number of carbonyl (C=O) groups excluding carboxylic acids is 1. The molecule has 0 bridgehead atoms. The molecule has 0 saturated heterocycles. The van der Waals surface area contributed by atoms with Crippen LogP contribution >= 0.6 is 11.3 Å². The summed E-state index contributed by atoms with van der Waals surface area (Å²) in [5.74, 6) is 0.815. The maximum absolute atomic E-state index is 13.7. The molecule has 1 atom stereocenters. The first-order valence-corrected chi connectivity index (χ1v) is 14.7. The Hall–Kier alpha value is -2.38. The van der Waals surface area contributed by atoms with Crippen LogP contribution in [0.25, 0.3) is 0 Å². The zero-order valence-electron chi connectivity index (χ0n) is 22.1. The summed E-state index contributed by atoms with van der Waals surface area (Å²) >= 11 is 1.33. The first-order valence-electron chi connectivity index (χ1n) is 13.9. The van der Waals surface area contributed by atoms with Crippen molar-refractivity contribution in [1.29, 1.82) is 0 Å². The van der Waals surface area contributed by atoms with Crippen molar-refractivity contribution in [3.05, 3.63) is 46.2 Å². The molecule has 6 nitrogen and oxygen atoms in total. The van der Waals surface area contributed by atoms with E-state index in [0.29, 0.717) is 31.0 Å². The highest BCUT2D eigenvalue weighted by atomic mass is 32.1. The molecule has 1 aromatic carbocycles. The summed E-state index contributed by atoms with van der Waals surface area (Å²) < 4.78 is 6.15. The first-order chi connectivity index (χ1) is 17.8. The Kier molecular flexibility index (Phi) is 9.65. The second-order valence-electron chi connectivity index (χ2n) is 11.0. The van der Waals surface area contributed by atoms with Gasteiger partial charge in [-0.25, -0.2) is 4.79 Å². The zero-order valence-corrected chi connectivity index (χ0v) is 22.9. The van der Waals surface area contributed by atoms with Crippen molar-refractivity contribution >= 4 is 28.9 Å². The van der Waals surface area contributed by atoms with Crippen molar-refractivity contribution in [2.75, 3.05) is 11.4 Å². The molecule has 2 saturated carbocycles. The molecular formula is C30H41NO5S. The number of nitrogens with zero attached hydrogens (tertiary/aromatic N) is 1. The van der Waals surface area contributed by atoms with Crippen molar-refractivity contribution in [1.82, 2.24) is 0 Å². The van der Waals surface area contributed by atoms with Crippen molar-refractivity contribution in [2.24, 2.45) is 11.8 Å². The summed E-state index contributed by atoms with van der Waals surface area (Å²) in [4.78, 5) is 29.1. The van der Waals surface area contributed by atoms with Gasteiger partial charge in [0.25, 0.3) is 0 Å². The van der Waals surface area contributed by atoms with E-state index in [1.54, 1.807) is 11.8 Å². The van der Waals surface area contributed by atoms with Crippen LogP contribution in [0.4, 0.5) is 5.69 Å². The summed E-state index contributed by atoms with van der Waals surface area (Å²) in [7, 11) is 0. The van der Waals surface area contributed by atoms with Crippen LogP contribution in [0.2, 0.25) is 0 Å². The van der Waals surface area contributed by atoms with Crippen LogP contribution in [0.15, 0.2) is 36.4 Å². The van der Waals surface area contributed by atoms with Crippen LogP contribution < -0.4 is 9.64 Å². The number of para-hydroxylation sites is 1. The number of aromatic carboxylic acids is 1. The van der Waals surface area contributed by atoms with Crippen molar-refractivity contribution in [3.63, 3.8) is 0 Å². The lowest BCUT2D eigenvalue weighted by atomic mass is 9.82. The van der Waals surface area contributed by atoms with Gasteiger partial charge in [-0.2, -0.15) is 0 Å². The minimum absolute atomic E-state index is 0.0457. The van der Waals surface area contributed by atoms with Crippen LogP contribution in [0.1, 0.15) is 98.5 Å². The first kappa shape index (κ1) is 27.6. The number of ether oxygens (including phenoxy) is 1. The van der Waals surface area contributed by atoms with Gasteiger partial charge < -0.3 is 19.8 Å². The number of thiophene rings is 1. The number of anilines is 1. The summed E-state index contributed by atoms with van der Waals surface area (Å²) in [6.07, 6.45) is 8.45. The van der Waals surface area contributed by atoms with Crippen LogP contribution in [-0.4, -0.2) is 40.8 Å². The second kappa shape index (κ2) is 12.9. The molecule has 2 N–H and O–H groups in total. The maximum atomic E-state index is 13.7. The quantitative estimate of drug-likeness (QED) is 0.352. The molecule has 0 radical (unpaired) electrons. The molecular weight excluding hydrogens is 486 g/mol. The van der Waals surface area contributed by atoms with Crippen molar-refractivity contribution < 1.29 is 24.5 Å². The molecule has 1 aromatic heterocycles. The highest BCUT2D eigenvalue weighted by molar-refractivity contribution is 7.14. The second-order valence-corrected chi connectivity index (χ2v) is 12.1. The molecule has 202 valence electrons. The molecule has 2 aromatic rings. The number of aliphatic hydroxyl groups excluding tert-OH is 1. The van der Waals surface area contributed by atoms with Gasteiger partial charge in [0.2, 0.25) is 5.91 Å². The lowest BCUT2D eigenvalue weighted by Gasteiger charge is -2.31. The monoisotopic (exact) mass is 527 g/mol. The summed E-state index contributed by atoms with van der Waals surface area (Å²) in [6, 6.07) is 11.9. The Balaban J connectivity index is 1.50. The number of hydrogen-bond acceptors (Lipinski definition) is 5. The van der Waals surface area contributed by atoms with E-state index in [1.165, 1.54) is 11.3 Å². The molecule has 37 heavy (non-hydrogen) atoms. The van der Waals surface area contributed by atoms with Gasteiger partial charge in [0.05, 0.1) is 17.9 Å². The highest BCUT2D eigenvalue weighted by Gasteiger charge is 2.33. The summed E-state index contributed by atoms with van der Waals surface area (Å²) in [6.45, 7) is 4.41. The van der Waals surface area contributed by atoms with Gasteiger partial charge in [-0.3, -0.25) is 4.79 Å². The Bertz CT molecular complexity index is 1020. The number of benzene rings is 1. The number of carboxylic acid groups (broad SMARTS) is 1. The lowest BCUT2D eigenvalue weighted by molar-refractivity contribution is -0.123. The standard InChI is InChI=1S/C30H41NO5S/c1-20-10-12-23(13-11-20)29(33)31(18-6-7-21(2)32)26-19-27(37-28(26)30(34)35)22-14-16-25(17-15-22)36-24-8-4-3-5-9-24/h3-5,8-9,19-23,25,32H,6-7,10-18H2,1-2H3,(H,34,35). The predicted octanol–water partition coefficient (Wildman–Crippen LogP) is 6.87. The minimum Gasteiger partial charge on any atom is -0.490 e. The molecule has 0 aliphatic heterocycles. The lowest BCUT2D eigenvalue weighted by Crippen LogP contribution is -2.39. The Morgan fingerprint density at radius 1 is 1.05 bits per heavy atom. The van der Waals surface area contributed by atoms with E-state index in [9.17, 15) is 19.8 Å². The van der Waals surface area contributed by atoms with E-state index in [2.05, 4.69) is 6.92 Å². The Labute approximate surface area is 224 Å². The van der Waals surface area contributed by atoms with E-state index in [4.69, 9.17) is 4.74 Å². The van der Waals surface area contributed by atoms with E-state index in [-0.39, 0.29) is 28.7 Å². The predicted molar refractivity (Wildman–Crippen MR) is 148 cm³/mol. The summed E-state index contributed by atoms with van der Waals surface area (Å²) in [5, 5.41) is 19.9. The average molecular weight is 528 g/mol. The Morgan fingerprint density at radius 2 is 1.73 bits per heavy atom. The van der Waals surface area contributed by atoms with Gasteiger partial charge in [-0.05, 0) is 101 Å². The molecule has 0 spiro atoms. The van der Waals surface area contributed by atoms with E-state index >= 15 is 0 Å². The highest BCUT2D eigenvalue weighted by Crippen LogP contribution is 2.42. The largest absolute Gasteiger partial charge is 0.490 e. The average Bonchev–Trinajstić information content (AvgIpc) is 3.33. The maximum Gasteiger partial charge on any atom is 0.348 e. The van der Waals surface area contributed by atoms with E-state index in [1.807, 2.05) is 36.4 Å². The fraction of sp³-hybridized carbons (Fsp3) is 0.600. The van der Waals surface area contributed by atoms with Gasteiger partial charge in [-0.15, -0.1) is 11.3 Å². The van der Waals surface area contributed by atoms with Crippen LogP contribution in [0.5, 0.6) is 5.75 Å². The normalized spacial score (nSPS) is 24.8. The molecule has 1 heterocycles. The van der Waals surface area contributed by atoms with Gasteiger partial charge in [0, 0.05) is 17.3 Å². The molecule has 4 rings (SSSR count). The number of hydrogen-bond donors (Lipinski definition) is 2.